The van der Waals surface area contributed by atoms with E-state index >= 15 is 0 Å². The summed E-state index contributed by atoms with van der Waals surface area (Å²) in [4.78, 5) is 0. The van der Waals surface area contributed by atoms with Crippen LogP contribution >= 0.6 is 15.9 Å². The Morgan fingerprint density at radius 2 is 2.11 bits per heavy atom. The maximum Gasteiger partial charge on any atom is 0.0694 e. The van der Waals surface area contributed by atoms with Gasteiger partial charge in [0, 0.05) is 13.2 Å². The first-order chi connectivity index (χ1) is 9.20. The molecule has 0 saturated heterocycles. The lowest BCUT2D eigenvalue weighted by molar-refractivity contribution is 0.182. The van der Waals surface area contributed by atoms with E-state index in [1.807, 2.05) is 10.9 Å². The Hall–Kier alpha value is -0.390. The minimum absolute atomic E-state index is 0.0513. The Labute approximate surface area is 124 Å². The van der Waals surface area contributed by atoms with Crippen LogP contribution in [0.3, 0.4) is 0 Å². The average molecular weight is 332 g/mol. The summed E-state index contributed by atoms with van der Waals surface area (Å²) >= 11 is 3.54. The van der Waals surface area contributed by atoms with Gasteiger partial charge in [-0.05, 0) is 22.4 Å². The van der Waals surface area contributed by atoms with Gasteiger partial charge in [0.05, 0.1) is 29.5 Å². The maximum absolute atomic E-state index is 6.30. The predicted octanol–water partition coefficient (Wildman–Crippen LogP) is 3.65. The van der Waals surface area contributed by atoms with E-state index < -0.39 is 0 Å². The fourth-order valence-electron chi connectivity index (χ4n) is 2.20. The van der Waals surface area contributed by atoms with E-state index in [0.29, 0.717) is 6.61 Å². The van der Waals surface area contributed by atoms with Crippen molar-refractivity contribution < 1.29 is 4.74 Å². The molecule has 0 aliphatic rings. The summed E-state index contributed by atoms with van der Waals surface area (Å²) in [6, 6.07) is 0.0513. The minimum atomic E-state index is 0.0513. The van der Waals surface area contributed by atoms with Gasteiger partial charge in [-0.1, -0.05) is 39.0 Å². The topological polar surface area (TPSA) is 53.1 Å². The highest BCUT2D eigenvalue weighted by Gasteiger charge is 2.16. The quantitative estimate of drug-likeness (QED) is 0.666. The van der Waals surface area contributed by atoms with Gasteiger partial charge in [-0.15, -0.1) is 0 Å². The van der Waals surface area contributed by atoms with Crippen LogP contribution < -0.4 is 5.73 Å². The highest BCUT2D eigenvalue weighted by molar-refractivity contribution is 9.10. The summed E-state index contributed by atoms with van der Waals surface area (Å²) in [6.45, 7) is 3.64. The third kappa shape index (κ3) is 5.63. The first kappa shape index (κ1) is 16.7. The number of rotatable bonds is 10. The van der Waals surface area contributed by atoms with E-state index in [-0.39, 0.29) is 6.04 Å². The monoisotopic (exact) mass is 331 g/mol. The molecular weight excluding hydrogens is 306 g/mol. The zero-order valence-corrected chi connectivity index (χ0v) is 13.7. The van der Waals surface area contributed by atoms with E-state index in [2.05, 4.69) is 28.0 Å². The molecule has 0 aromatic carbocycles. The van der Waals surface area contributed by atoms with Gasteiger partial charge in [-0.25, -0.2) is 0 Å². The van der Waals surface area contributed by atoms with Crippen molar-refractivity contribution in [3.05, 3.63) is 16.4 Å². The first-order valence-corrected chi connectivity index (χ1v) is 7.95. The van der Waals surface area contributed by atoms with Crippen molar-refractivity contribution in [2.45, 2.75) is 58.0 Å². The van der Waals surface area contributed by atoms with Crippen molar-refractivity contribution >= 4 is 15.9 Å². The molecule has 1 unspecified atom stereocenters. The van der Waals surface area contributed by atoms with Gasteiger partial charge in [0.15, 0.2) is 0 Å². The van der Waals surface area contributed by atoms with Crippen LogP contribution in [0.2, 0.25) is 0 Å². The molecule has 19 heavy (non-hydrogen) atoms. The molecule has 0 bridgehead atoms. The molecule has 0 aliphatic heterocycles. The number of aromatic nitrogens is 2. The Kier molecular flexibility index (Phi) is 8.34. The molecule has 110 valence electrons. The van der Waals surface area contributed by atoms with Gasteiger partial charge in [-0.3, -0.25) is 4.68 Å². The smallest absolute Gasteiger partial charge is 0.0694 e. The third-order valence-electron chi connectivity index (χ3n) is 3.31. The molecule has 0 amide bonds. The van der Waals surface area contributed by atoms with Crippen molar-refractivity contribution in [3.8, 4) is 0 Å². The summed E-state index contributed by atoms with van der Waals surface area (Å²) < 4.78 is 8.05. The van der Waals surface area contributed by atoms with Crippen LogP contribution in [0.25, 0.3) is 0 Å². The SMILES string of the molecule is CCCCCCCC(N)c1c(Br)cnn1CCOC. The van der Waals surface area contributed by atoms with E-state index in [4.69, 9.17) is 10.5 Å². The van der Waals surface area contributed by atoms with Crippen molar-refractivity contribution in [1.82, 2.24) is 9.78 Å². The fraction of sp³-hybridized carbons (Fsp3) is 0.786. The molecule has 1 heterocycles. The number of nitrogens with zero attached hydrogens (tertiary/aromatic N) is 2. The van der Waals surface area contributed by atoms with Crippen LogP contribution in [0.5, 0.6) is 0 Å². The Balaban J connectivity index is 2.46. The van der Waals surface area contributed by atoms with Gasteiger partial charge < -0.3 is 10.5 Å². The number of hydrogen-bond donors (Lipinski definition) is 1. The Morgan fingerprint density at radius 3 is 2.79 bits per heavy atom. The van der Waals surface area contributed by atoms with Crippen molar-refractivity contribution in [2.75, 3.05) is 13.7 Å². The second-order valence-corrected chi connectivity index (χ2v) is 5.76. The largest absolute Gasteiger partial charge is 0.383 e. The lowest BCUT2D eigenvalue weighted by Gasteiger charge is -2.15. The lowest BCUT2D eigenvalue weighted by Crippen LogP contribution is -2.18. The van der Waals surface area contributed by atoms with E-state index in [1.165, 1.54) is 32.1 Å². The van der Waals surface area contributed by atoms with Gasteiger partial charge in [0.1, 0.15) is 0 Å². The first-order valence-electron chi connectivity index (χ1n) is 7.16. The average Bonchev–Trinajstić information content (AvgIpc) is 2.77. The van der Waals surface area contributed by atoms with Crippen LogP contribution in [0, 0.1) is 0 Å². The molecule has 0 saturated carbocycles. The number of methoxy groups -OCH3 is 1. The zero-order valence-electron chi connectivity index (χ0n) is 12.1. The number of halogens is 1. The van der Waals surface area contributed by atoms with Gasteiger partial charge in [0.25, 0.3) is 0 Å². The van der Waals surface area contributed by atoms with Crippen LogP contribution in [-0.2, 0) is 11.3 Å². The molecule has 5 heteroatoms. The molecule has 1 atom stereocenters. The standard InChI is InChI=1S/C14H26BrN3O/c1-3-4-5-6-7-8-13(16)14-12(15)11-17-18(14)9-10-19-2/h11,13H,3-10,16H2,1-2H3. The lowest BCUT2D eigenvalue weighted by atomic mass is 10.0. The van der Waals surface area contributed by atoms with Crippen LogP contribution in [-0.4, -0.2) is 23.5 Å². The summed E-state index contributed by atoms with van der Waals surface area (Å²) in [5.41, 5.74) is 7.39. The van der Waals surface area contributed by atoms with Crippen LogP contribution in [0.4, 0.5) is 0 Å². The Morgan fingerprint density at radius 1 is 1.37 bits per heavy atom. The number of nitrogens with two attached hydrogens (primary N) is 1. The third-order valence-corrected chi connectivity index (χ3v) is 3.92. The molecular formula is C14H26BrN3O. The molecule has 4 nitrogen and oxygen atoms in total. The normalized spacial score (nSPS) is 12.8. The maximum atomic E-state index is 6.30. The van der Waals surface area contributed by atoms with Crippen LogP contribution in [0.15, 0.2) is 10.7 Å². The molecule has 0 aliphatic carbocycles. The molecule has 1 aromatic heterocycles. The fourth-order valence-corrected chi connectivity index (χ4v) is 2.79. The minimum Gasteiger partial charge on any atom is -0.383 e. The molecule has 2 N–H and O–H groups in total. The predicted molar refractivity (Wildman–Crippen MR) is 82.1 cm³/mol. The molecule has 0 fully saturated rings. The van der Waals surface area contributed by atoms with Gasteiger partial charge in [0.2, 0.25) is 0 Å². The van der Waals surface area contributed by atoms with E-state index in [9.17, 15) is 0 Å². The summed E-state index contributed by atoms with van der Waals surface area (Å²) in [6.07, 6.45) is 9.21. The second-order valence-electron chi connectivity index (χ2n) is 4.90. The molecule has 0 spiro atoms. The van der Waals surface area contributed by atoms with Crippen LogP contribution in [0.1, 0.15) is 57.2 Å². The van der Waals surface area contributed by atoms with Gasteiger partial charge in [-0.2, -0.15) is 5.10 Å². The highest BCUT2D eigenvalue weighted by Crippen LogP contribution is 2.25. The van der Waals surface area contributed by atoms with E-state index in [1.54, 1.807) is 7.11 Å². The second kappa shape index (κ2) is 9.50. The molecule has 1 aromatic rings. The van der Waals surface area contributed by atoms with Gasteiger partial charge >= 0.3 is 0 Å². The summed E-state index contributed by atoms with van der Waals surface area (Å²) in [7, 11) is 1.70. The summed E-state index contributed by atoms with van der Waals surface area (Å²) in [5.74, 6) is 0. The molecule has 1 rings (SSSR count). The van der Waals surface area contributed by atoms with Crippen molar-refractivity contribution in [2.24, 2.45) is 5.73 Å². The van der Waals surface area contributed by atoms with Crippen molar-refractivity contribution in [1.29, 1.82) is 0 Å². The Bertz CT molecular complexity index is 354. The molecule has 0 radical (unpaired) electrons. The highest BCUT2D eigenvalue weighted by atomic mass is 79.9. The summed E-state index contributed by atoms with van der Waals surface area (Å²) in [5, 5.41) is 4.34. The zero-order chi connectivity index (χ0) is 14.1. The number of hydrogen-bond acceptors (Lipinski definition) is 3. The van der Waals surface area contributed by atoms with Crippen molar-refractivity contribution in [3.63, 3.8) is 0 Å². The number of unbranched alkanes of at least 4 members (excludes halogenated alkanes) is 4. The van der Waals surface area contributed by atoms with E-state index in [0.717, 1.165) is 23.1 Å². The number of ether oxygens (including phenoxy) is 1.